The molecular formula is C20H30INO3. The van der Waals surface area contributed by atoms with Crippen LogP contribution in [0.4, 0.5) is 0 Å². The van der Waals surface area contributed by atoms with Crippen molar-refractivity contribution in [3.05, 3.63) is 35.9 Å². The molecule has 2 aliphatic rings. The first-order valence-corrected chi connectivity index (χ1v) is 9.19. The molecule has 2 saturated heterocycles. The van der Waals surface area contributed by atoms with Gasteiger partial charge in [-0.15, -0.1) is 0 Å². The summed E-state index contributed by atoms with van der Waals surface area (Å²) >= 11 is 0. The van der Waals surface area contributed by atoms with Gasteiger partial charge in [-0.2, -0.15) is 0 Å². The molecule has 3 rings (SSSR count). The third-order valence-electron chi connectivity index (χ3n) is 6.27. The highest BCUT2D eigenvalue weighted by molar-refractivity contribution is 5.69. The summed E-state index contributed by atoms with van der Waals surface area (Å²) in [6, 6.07) is 11.2. The lowest BCUT2D eigenvalue weighted by Crippen LogP contribution is -3.00. The second kappa shape index (κ2) is 8.82. The molecule has 0 aromatic heterocycles. The van der Waals surface area contributed by atoms with E-state index in [9.17, 15) is 9.90 Å². The van der Waals surface area contributed by atoms with Crippen LogP contribution in [0, 0.1) is 0 Å². The maximum atomic E-state index is 12.2. The summed E-state index contributed by atoms with van der Waals surface area (Å²) in [4.78, 5) is 12.2. The smallest absolute Gasteiger partial charge is 0.306 e. The number of hydrogen-bond acceptors (Lipinski definition) is 3. The SMILES string of the molecule is C[N+]1(C)[C@@H]2CC[C@H]1CC(OC(=O)CCC(CO)c1ccccc1)C2.[I-]. The zero-order valence-corrected chi connectivity index (χ0v) is 17.4. The van der Waals surface area contributed by atoms with Gasteiger partial charge in [0, 0.05) is 44.6 Å². The minimum atomic E-state index is -0.110. The largest absolute Gasteiger partial charge is 1.00 e. The summed E-state index contributed by atoms with van der Waals surface area (Å²) in [5.74, 6) is -0.0992. The number of benzene rings is 1. The van der Waals surface area contributed by atoms with Crippen LogP contribution in [-0.4, -0.2) is 54.4 Å². The molecule has 0 radical (unpaired) electrons. The molecular weight excluding hydrogens is 429 g/mol. The van der Waals surface area contributed by atoms with Gasteiger partial charge in [-0.25, -0.2) is 0 Å². The Morgan fingerprint density at radius 2 is 1.80 bits per heavy atom. The number of quaternary nitrogens is 1. The number of nitrogens with zero attached hydrogens (tertiary/aromatic N) is 1. The van der Waals surface area contributed by atoms with Crippen LogP contribution in [0.15, 0.2) is 30.3 Å². The number of rotatable bonds is 6. The van der Waals surface area contributed by atoms with E-state index < -0.39 is 0 Å². The first-order chi connectivity index (χ1) is 11.5. The molecule has 2 fully saturated rings. The van der Waals surface area contributed by atoms with Crippen molar-refractivity contribution in [2.45, 2.75) is 62.6 Å². The number of aliphatic hydroxyl groups excluding tert-OH is 1. The van der Waals surface area contributed by atoms with E-state index in [4.69, 9.17) is 4.74 Å². The van der Waals surface area contributed by atoms with Gasteiger partial charge in [-0.1, -0.05) is 30.3 Å². The van der Waals surface area contributed by atoms with Crippen LogP contribution in [0.5, 0.6) is 0 Å². The van der Waals surface area contributed by atoms with Gasteiger partial charge >= 0.3 is 5.97 Å². The molecule has 4 nitrogen and oxygen atoms in total. The Bertz CT molecular complexity index is 547. The molecule has 1 N–H and O–H groups in total. The van der Waals surface area contributed by atoms with Crippen LogP contribution in [0.3, 0.4) is 0 Å². The van der Waals surface area contributed by atoms with E-state index in [0.29, 0.717) is 24.9 Å². The van der Waals surface area contributed by atoms with E-state index in [1.807, 2.05) is 30.3 Å². The summed E-state index contributed by atoms with van der Waals surface area (Å²) in [5, 5.41) is 9.59. The lowest BCUT2D eigenvalue weighted by Gasteiger charge is -2.43. The molecule has 5 heteroatoms. The molecule has 0 spiro atoms. The van der Waals surface area contributed by atoms with Crippen molar-refractivity contribution in [2.24, 2.45) is 0 Å². The van der Waals surface area contributed by atoms with Crippen LogP contribution in [-0.2, 0) is 9.53 Å². The number of piperidine rings is 1. The highest BCUT2D eigenvalue weighted by Gasteiger charge is 2.49. The molecule has 140 valence electrons. The van der Waals surface area contributed by atoms with Crippen molar-refractivity contribution in [1.29, 1.82) is 0 Å². The number of ether oxygens (including phenoxy) is 1. The fraction of sp³-hybridized carbons (Fsp3) is 0.650. The first-order valence-electron chi connectivity index (χ1n) is 9.19. The molecule has 0 aliphatic carbocycles. The zero-order chi connectivity index (χ0) is 17.2. The van der Waals surface area contributed by atoms with Crippen LogP contribution in [0.2, 0.25) is 0 Å². The van der Waals surface area contributed by atoms with Crippen LogP contribution >= 0.6 is 0 Å². The topological polar surface area (TPSA) is 46.5 Å². The summed E-state index contributed by atoms with van der Waals surface area (Å²) in [6.07, 6.45) is 5.61. The van der Waals surface area contributed by atoms with E-state index in [0.717, 1.165) is 22.9 Å². The normalized spacial score (nSPS) is 28.0. The number of carbonyl (C=O) groups excluding carboxylic acids is 1. The summed E-state index contributed by atoms with van der Waals surface area (Å²) < 4.78 is 6.86. The van der Waals surface area contributed by atoms with Crippen molar-refractivity contribution < 1.29 is 43.1 Å². The number of fused-ring (bicyclic) bond motifs is 2. The first kappa shape index (κ1) is 20.6. The van der Waals surface area contributed by atoms with E-state index in [1.54, 1.807) is 0 Å². The maximum absolute atomic E-state index is 12.2. The minimum absolute atomic E-state index is 0. The number of aliphatic hydroxyl groups is 1. The number of hydrogen-bond donors (Lipinski definition) is 1. The van der Waals surface area contributed by atoms with Gasteiger partial charge in [0.1, 0.15) is 6.10 Å². The molecule has 4 atom stereocenters. The second-order valence-electron chi connectivity index (χ2n) is 7.93. The van der Waals surface area contributed by atoms with Gasteiger partial charge in [0.25, 0.3) is 0 Å². The minimum Gasteiger partial charge on any atom is -1.00 e. The summed E-state index contributed by atoms with van der Waals surface area (Å²) in [6.45, 7) is 0.0660. The molecule has 2 heterocycles. The van der Waals surface area contributed by atoms with Crippen LogP contribution in [0.1, 0.15) is 50.0 Å². The highest BCUT2D eigenvalue weighted by Crippen LogP contribution is 2.40. The highest BCUT2D eigenvalue weighted by atomic mass is 127. The van der Waals surface area contributed by atoms with Crippen molar-refractivity contribution in [3.63, 3.8) is 0 Å². The molecule has 1 aromatic carbocycles. The van der Waals surface area contributed by atoms with Gasteiger partial charge in [-0.3, -0.25) is 4.79 Å². The average Bonchev–Trinajstić information content (AvgIpc) is 2.75. The molecule has 2 bridgehead atoms. The van der Waals surface area contributed by atoms with Crippen LogP contribution in [0.25, 0.3) is 0 Å². The fourth-order valence-electron chi connectivity index (χ4n) is 4.55. The third kappa shape index (κ3) is 4.74. The molecule has 2 unspecified atom stereocenters. The Balaban J connectivity index is 0.00000225. The zero-order valence-electron chi connectivity index (χ0n) is 15.2. The van der Waals surface area contributed by atoms with Gasteiger partial charge in [0.05, 0.1) is 26.2 Å². The number of carbonyl (C=O) groups is 1. The quantitative estimate of drug-likeness (QED) is 0.366. The van der Waals surface area contributed by atoms with Crippen molar-refractivity contribution >= 4 is 5.97 Å². The predicted molar refractivity (Wildman–Crippen MR) is 93.5 cm³/mol. The second-order valence-corrected chi connectivity index (χ2v) is 7.93. The van der Waals surface area contributed by atoms with Crippen molar-refractivity contribution in [2.75, 3.05) is 20.7 Å². The Labute approximate surface area is 168 Å². The van der Waals surface area contributed by atoms with E-state index in [1.165, 1.54) is 12.8 Å². The lowest BCUT2D eigenvalue weighted by molar-refractivity contribution is -0.931. The summed E-state index contributed by atoms with van der Waals surface area (Å²) in [5.41, 5.74) is 1.09. The lowest BCUT2D eigenvalue weighted by atomic mass is 9.95. The molecule has 2 aliphatic heterocycles. The molecule has 1 aromatic rings. The fourth-order valence-corrected chi connectivity index (χ4v) is 4.55. The predicted octanol–water partition coefficient (Wildman–Crippen LogP) is -0.140. The molecule has 25 heavy (non-hydrogen) atoms. The van der Waals surface area contributed by atoms with E-state index in [2.05, 4.69) is 14.1 Å². The monoisotopic (exact) mass is 459 g/mol. The Morgan fingerprint density at radius 3 is 2.36 bits per heavy atom. The van der Waals surface area contributed by atoms with E-state index >= 15 is 0 Å². The Morgan fingerprint density at radius 1 is 1.20 bits per heavy atom. The molecule has 0 saturated carbocycles. The average molecular weight is 459 g/mol. The van der Waals surface area contributed by atoms with E-state index in [-0.39, 0.29) is 48.6 Å². The number of halogens is 1. The number of esters is 1. The standard InChI is InChI=1S/C20H30NO3.HI/c1-21(2)17-9-10-18(21)13-19(12-17)24-20(23)11-8-16(14-22)15-6-4-3-5-7-15;/h3-7,16-19,22H,8-14H2,1-2H3;1H/q+1;/p-1/t16?,17-,18+,19?;. The van der Waals surface area contributed by atoms with Gasteiger partial charge < -0.3 is 38.3 Å². The van der Waals surface area contributed by atoms with Gasteiger partial charge in [0.2, 0.25) is 0 Å². The van der Waals surface area contributed by atoms with Crippen molar-refractivity contribution in [1.82, 2.24) is 0 Å². The van der Waals surface area contributed by atoms with Crippen molar-refractivity contribution in [3.8, 4) is 0 Å². The van der Waals surface area contributed by atoms with Gasteiger partial charge in [-0.05, 0) is 12.0 Å². The summed E-state index contributed by atoms with van der Waals surface area (Å²) in [7, 11) is 4.62. The Kier molecular flexibility index (Phi) is 7.29. The molecule has 0 amide bonds. The van der Waals surface area contributed by atoms with Crippen LogP contribution < -0.4 is 24.0 Å². The maximum Gasteiger partial charge on any atom is 0.306 e. The van der Waals surface area contributed by atoms with Gasteiger partial charge in [0.15, 0.2) is 0 Å². The Hall–Kier alpha value is -0.660. The third-order valence-corrected chi connectivity index (χ3v) is 6.27.